The van der Waals surface area contributed by atoms with Crippen LogP contribution in [0.2, 0.25) is 0 Å². The molecule has 6 rings (SSSR count). The SMILES string of the molecule is Nc1ncnc2c1c(-c1ccc3c(c1)O[C@@H](c1ccccc1)CC3)cn2[C@H]1C[C@H](CO)C1. The van der Waals surface area contributed by atoms with Gasteiger partial charge in [0.2, 0.25) is 0 Å². The maximum absolute atomic E-state index is 9.44. The molecule has 2 aliphatic rings. The number of anilines is 1. The van der Waals surface area contributed by atoms with E-state index in [4.69, 9.17) is 10.5 Å². The summed E-state index contributed by atoms with van der Waals surface area (Å²) in [6.45, 7) is 0.240. The van der Waals surface area contributed by atoms with Gasteiger partial charge in [-0.05, 0) is 54.4 Å². The predicted molar refractivity (Wildman–Crippen MR) is 124 cm³/mol. The van der Waals surface area contributed by atoms with Crippen molar-refractivity contribution in [3.05, 3.63) is 72.2 Å². The number of nitrogens with two attached hydrogens (primary N) is 1. The molecule has 1 aliphatic heterocycles. The molecular weight excluding hydrogens is 400 g/mol. The fourth-order valence-corrected chi connectivity index (χ4v) is 5.12. The summed E-state index contributed by atoms with van der Waals surface area (Å²) in [6, 6.07) is 17.2. The van der Waals surface area contributed by atoms with Crippen LogP contribution in [0.15, 0.2) is 61.1 Å². The summed E-state index contributed by atoms with van der Waals surface area (Å²) in [6.07, 6.45) is 7.62. The fourth-order valence-electron chi connectivity index (χ4n) is 5.12. The molecule has 3 heterocycles. The minimum Gasteiger partial charge on any atom is -0.485 e. The molecule has 3 N–H and O–H groups in total. The Labute approximate surface area is 186 Å². The van der Waals surface area contributed by atoms with Gasteiger partial charge in [-0.15, -0.1) is 0 Å². The average Bonchev–Trinajstić information content (AvgIpc) is 3.19. The number of benzene rings is 2. The summed E-state index contributed by atoms with van der Waals surface area (Å²) in [5.74, 6) is 1.79. The maximum atomic E-state index is 9.44. The van der Waals surface area contributed by atoms with Crippen molar-refractivity contribution >= 4 is 16.9 Å². The molecule has 0 spiro atoms. The number of hydrogen-bond donors (Lipinski definition) is 2. The molecule has 0 radical (unpaired) electrons. The Kier molecular flexibility index (Phi) is 4.61. The summed E-state index contributed by atoms with van der Waals surface area (Å²) in [5, 5.41) is 10.3. The zero-order valence-corrected chi connectivity index (χ0v) is 17.8. The summed E-state index contributed by atoms with van der Waals surface area (Å²) >= 11 is 0. The van der Waals surface area contributed by atoms with Crippen molar-refractivity contribution in [2.75, 3.05) is 12.3 Å². The van der Waals surface area contributed by atoms with E-state index in [1.54, 1.807) is 0 Å². The Hall–Kier alpha value is -3.38. The highest BCUT2D eigenvalue weighted by atomic mass is 16.5. The largest absolute Gasteiger partial charge is 0.485 e. The van der Waals surface area contributed by atoms with Gasteiger partial charge in [0.05, 0.1) is 5.39 Å². The third kappa shape index (κ3) is 3.14. The quantitative estimate of drug-likeness (QED) is 0.494. The molecular formula is C26H26N4O2. The van der Waals surface area contributed by atoms with Crippen LogP contribution in [0.3, 0.4) is 0 Å². The molecule has 4 aromatic rings. The second kappa shape index (κ2) is 7.64. The van der Waals surface area contributed by atoms with Crippen molar-refractivity contribution in [2.45, 2.75) is 37.8 Å². The number of aryl methyl sites for hydroxylation is 1. The van der Waals surface area contributed by atoms with E-state index in [0.29, 0.717) is 17.8 Å². The molecule has 1 atom stereocenters. The zero-order chi connectivity index (χ0) is 21.7. The van der Waals surface area contributed by atoms with E-state index < -0.39 is 0 Å². The summed E-state index contributed by atoms with van der Waals surface area (Å²) in [7, 11) is 0. The molecule has 0 saturated heterocycles. The van der Waals surface area contributed by atoms with Crippen LogP contribution in [0, 0.1) is 5.92 Å². The number of hydrogen-bond acceptors (Lipinski definition) is 5. The first-order chi connectivity index (χ1) is 15.7. The van der Waals surface area contributed by atoms with Gasteiger partial charge in [0.25, 0.3) is 0 Å². The second-order valence-corrected chi connectivity index (χ2v) is 8.96. The van der Waals surface area contributed by atoms with Gasteiger partial charge in [0.15, 0.2) is 0 Å². The fraction of sp³-hybridized carbons (Fsp3) is 0.308. The highest BCUT2D eigenvalue weighted by Gasteiger charge is 2.32. The van der Waals surface area contributed by atoms with Crippen LogP contribution in [-0.2, 0) is 6.42 Å². The van der Waals surface area contributed by atoms with Crippen molar-refractivity contribution in [3.8, 4) is 16.9 Å². The maximum Gasteiger partial charge on any atom is 0.146 e. The van der Waals surface area contributed by atoms with Crippen LogP contribution in [-0.4, -0.2) is 26.2 Å². The van der Waals surface area contributed by atoms with Gasteiger partial charge in [-0.2, -0.15) is 0 Å². The van der Waals surface area contributed by atoms with Crippen LogP contribution < -0.4 is 10.5 Å². The minimum absolute atomic E-state index is 0.0686. The molecule has 32 heavy (non-hydrogen) atoms. The minimum atomic E-state index is 0.0686. The van der Waals surface area contributed by atoms with Gasteiger partial charge in [0.1, 0.15) is 29.6 Å². The normalized spacial score (nSPS) is 22.2. The highest BCUT2D eigenvalue weighted by molar-refractivity contribution is 6.00. The Morgan fingerprint density at radius 1 is 1.09 bits per heavy atom. The van der Waals surface area contributed by atoms with E-state index in [0.717, 1.165) is 53.6 Å². The molecule has 1 saturated carbocycles. The van der Waals surface area contributed by atoms with Gasteiger partial charge < -0.3 is 20.1 Å². The Bertz CT molecular complexity index is 1280. The van der Waals surface area contributed by atoms with Crippen molar-refractivity contribution in [2.24, 2.45) is 5.92 Å². The van der Waals surface area contributed by atoms with Crippen LogP contribution in [0.4, 0.5) is 5.82 Å². The van der Waals surface area contributed by atoms with Crippen LogP contribution >= 0.6 is 0 Å². The van der Waals surface area contributed by atoms with Crippen LogP contribution in [0.25, 0.3) is 22.2 Å². The van der Waals surface area contributed by atoms with E-state index in [1.807, 2.05) is 6.07 Å². The molecule has 2 aromatic heterocycles. The predicted octanol–water partition coefficient (Wildman–Crippen LogP) is 4.69. The van der Waals surface area contributed by atoms with Crippen molar-refractivity contribution in [3.63, 3.8) is 0 Å². The smallest absolute Gasteiger partial charge is 0.146 e. The number of aliphatic hydroxyl groups is 1. The molecule has 0 bridgehead atoms. The van der Waals surface area contributed by atoms with Crippen molar-refractivity contribution in [1.29, 1.82) is 0 Å². The molecule has 1 fully saturated rings. The van der Waals surface area contributed by atoms with Gasteiger partial charge in [-0.3, -0.25) is 0 Å². The Morgan fingerprint density at radius 2 is 1.94 bits per heavy atom. The lowest BCUT2D eigenvalue weighted by Gasteiger charge is -2.35. The number of ether oxygens (including phenoxy) is 1. The lowest BCUT2D eigenvalue weighted by Crippen LogP contribution is -2.28. The lowest BCUT2D eigenvalue weighted by molar-refractivity contribution is 0.114. The van der Waals surface area contributed by atoms with E-state index in [9.17, 15) is 5.11 Å². The third-order valence-electron chi connectivity index (χ3n) is 7.00. The molecule has 2 aromatic carbocycles. The number of rotatable bonds is 4. The highest BCUT2D eigenvalue weighted by Crippen LogP contribution is 2.44. The van der Waals surface area contributed by atoms with E-state index in [1.165, 1.54) is 17.5 Å². The van der Waals surface area contributed by atoms with Crippen LogP contribution in [0.1, 0.15) is 42.5 Å². The van der Waals surface area contributed by atoms with Crippen molar-refractivity contribution in [1.82, 2.24) is 14.5 Å². The first-order valence-electron chi connectivity index (χ1n) is 11.3. The van der Waals surface area contributed by atoms with E-state index in [-0.39, 0.29) is 12.7 Å². The van der Waals surface area contributed by atoms with E-state index in [2.05, 4.69) is 63.2 Å². The van der Waals surface area contributed by atoms with E-state index >= 15 is 0 Å². The molecule has 0 unspecified atom stereocenters. The Balaban J connectivity index is 1.40. The number of nitrogen functional groups attached to an aromatic ring is 1. The molecule has 162 valence electrons. The first-order valence-corrected chi connectivity index (χ1v) is 11.3. The monoisotopic (exact) mass is 426 g/mol. The Morgan fingerprint density at radius 3 is 2.75 bits per heavy atom. The molecule has 0 amide bonds. The summed E-state index contributed by atoms with van der Waals surface area (Å²) in [5.41, 5.74) is 11.7. The summed E-state index contributed by atoms with van der Waals surface area (Å²) in [4.78, 5) is 8.82. The number of aromatic nitrogens is 3. The number of fused-ring (bicyclic) bond motifs is 2. The topological polar surface area (TPSA) is 86.2 Å². The lowest BCUT2D eigenvalue weighted by atomic mass is 9.81. The van der Waals surface area contributed by atoms with Crippen LogP contribution in [0.5, 0.6) is 5.75 Å². The van der Waals surface area contributed by atoms with Crippen molar-refractivity contribution < 1.29 is 9.84 Å². The zero-order valence-electron chi connectivity index (χ0n) is 17.8. The van der Waals surface area contributed by atoms with Gasteiger partial charge >= 0.3 is 0 Å². The second-order valence-electron chi connectivity index (χ2n) is 8.96. The standard InChI is InChI=1S/C26H26N4O2/c27-25-24-21(13-30(26(24)29-15-28-25)20-10-16(11-20)14-31)19-7-6-18-8-9-22(32-23(18)12-19)17-4-2-1-3-5-17/h1-7,12-13,15-16,20,22,31H,8-11,14H2,(H2,27,28,29)/t16-,20-,22-/m1/s1. The summed E-state index contributed by atoms with van der Waals surface area (Å²) < 4.78 is 8.65. The van der Waals surface area contributed by atoms with Gasteiger partial charge in [0, 0.05) is 24.4 Å². The number of nitrogens with zero attached hydrogens (tertiary/aromatic N) is 3. The van der Waals surface area contributed by atoms with Gasteiger partial charge in [-0.1, -0.05) is 42.5 Å². The molecule has 6 nitrogen and oxygen atoms in total. The molecule has 6 heteroatoms. The number of aliphatic hydroxyl groups excluding tert-OH is 1. The molecule has 1 aliphatic carbocycles. The average molecular weight is 427 g/mol. The third-order valence-corrected chi connectivity index (χ3v) is 7.00. The first kappa shape index (κ1) is 19.3. The van der Waals surface area contributed by atoms with Gasteiger partial charge in [-0.25, -0.2) is 9.97 Å².